The van der Waals surface area contributed by atoms with E-state index in [1.807, 2.05) is 19.0 Å². The van der Waals surface area contributed by atoms with Crippen LogP contribution in [0.3, 0.4) is 0 Å². The van der Waals surface area contributed by atoms with Gasteiger partial charge in [0, 0.05) is 32.1 Å². The van der Waals surface area contributed by atoms with E-state index in [0.29, 0.717) is 29.4 Å². The molecule has 1 N–H and O–H groups in total. The van der Waals surface area contributed by atoms with Gasteiger partial charge in [-0.15, -0.1) is 0 Å². The van der Waals surface area contributed by atoms with Crippen LogP contribution in [0.2, 0.25) is 0 Å². The van der Waals surface area contributed by atoms with Gasteiger partial charge in [0.2, 0.25) is 5.91 Å². The minimum atomic E-state index is -0.475. The van der Waals surface area contributed by atoms with E-state index in [0.717, 1.165) is 6.54 Å². The number of amides is 1. The van der Waals surface area contributed by atoms with Gasteiger partial charge in [-0.25, -0.2) is 4.79 Å². The molecule has 1 aliphatic heterocycles. The summed E-state index contributed by atoms with van der Waals surface area (Å²) in [7, 11) is 4.06. The molecular weight excluding hydrogens is 320 g/mol. The predicted molar refractivity (Wildman–Crippen MR) is 96.7 cm³/mol. The molecule has 7 heteroatoms. The largest absolute Gasteiger partial charge is 0.341 e. The maximum absolute atomic E-state index is 12.6. The van der Waals surface area contributed by atoms with Gasteiger partial charge < -0.3 is 9.80 Å². The number of aromatic nitrogens is 2. The van der Waals surface area contributed by atoms with E-state index in [9.17, 15) is 14.4 Å². The lowest BCUT2D eigenvalue weighted by Gasteiger charge is -2.22. The molecule has 3 rings (SSSR count). The number of rotatable bonds is 4. The first kappa shape index (κ1) is 17.4. The second kappa shape index (κ2) is 6.84. The number of nitrogens with one attached hydrogen (secondary N) is 1. The molecule has 2 atom stereocenters. The maximum Gasteiger partial charge on any atom is 0.328 e. The molecule has 1 fully saturated rings. The SMILES string of the molecule is C[C@H]1CN(C(=O)CCn2c(=O)[nH]c(=O)c3ccccc32)C[C@H]1N(C)C. The van der Waals surface area contributed by atoms with Gasteiger partial charge in [0.25, 0.3) is 5.56 Å². The summed E-state index contributed by atoms with van der Waals surface area (Å²) in [6.07, 6.45) is 0.239. The van der Waals surface area contributed by atoms with Crippen LogP contribution in [0.15, 0.2) is 33.9 Å². The number of aromatic amines is 1. The van der Waals surface area contributed by atoms with Gasteiger partial charge in [-0.2, -0.15) is 0 Å². The molecule has 0 aliphatic carbocycles. The fourth-order valence-corrected chi connectivity index (χ4v) is 3.66. The molecule has 134 valence electrons. The van der Waals surface area contributed by atoms with Crippen molar-refractivity contribution in [2.75, 3.05) is 27.2 Å². The Hall–Kier alpha value is -2.41. The van der Waals surface area contributed by atoms with Gasteiger partial charge in [-0.1, -0.05) is 19.1 Å². The Morgan fingerprint density at radius 2 is 1.96 bits per heavy atom. The summed E-state index contributed by atoms with van der Waals surface area (Å²) in [4.78, 5) is 43.0. The molecule has 1 saturated heterocycles. The number of H-pyrrole nitrogens is 1. The molecule has 1 aromatic carbocycles. The first-order valence-electron chi connectivity index (χ1n) is 8.54. The number of carbonyl (C=O) groups is 1. The average Bonchev–Trinajstić information content (AvgIpc) is 2.96. The molecule has 0 spiro atoms. The van der Waals surface area contributed by atoms with E-state index in [1.54, 1.807) is 24.3 Å². The van der Waals surface area contributed by atoms with E-state index in [2.05, 4.69) is 16.8 Å². The Balaban J connectivity index is 1.77. The average molecular weight is 344 g/mol. The monoisotopic (exact) mass is 344 g/mol. The number of para-hydroxylation sites is 1. The van der Waals surface area contributed by atoms with Crippen molar-refractivity contribution in [3.05, 3.63) is 45.1 Å². The second-order valence-corrected chi connectivity index (χ2v) is 6.99. The summed E-state index contributed by atoms with van der Waals surface area (Å²) in [6.45, 7) is 3.86. The Morgan fingerprint density at radius 3 is 2.64 bits per heavy atom. The van der Waals surface area contributed by atoms with Crippen LogP contribution in [0, 0.1) is 5.92 Å². The van der Waals surface area contributed by atoms with E-state index in [4.69, 9.17) is 0 Å². The van der Waals surface area contributed by atoms with Gasteiger partial charge in [0.1, 0.15) is 0 Å². The smallest absolute Gasteiger partial charge is 0.328 e. The molecule has 1 amide bonds. The number of aryl methyl sites for hydroxylation is 1. The van der Waals surface area contributed by atoms with Crippen molar-refractivity contribution in [3.8, 4) is 0 Å². The number of carbonyl (C=O) groups excluding carboxylic acids is 1. The van der Waals surface area contributed by atoms with Crippen molar-refractivity contribution in [3.63, 3.8) is 0 Å². The highest BCUT2D eigenvalue weighted by molar-refractivity contribution is 5.79. The standard InChI is InChI=1S/C18H24N4O3/c1-12-10-21(11-15(12)20(2)3)16(23)8-9-22-14-7-5-4-6-13(14)17(24)19-18(22)25/h4-7,12,15H,8-11H2,1-3H3,(H,19,24,25)/t12-,15+/m0/s1. The van der Waals surface area contributed by atoms with Gasteiger partial charge in [-0.05, 0) is 32.1 Å². The molecule has 25 heavy (non-hydrogen) atoms. The van der Waals surface area contributed by atoms with E-state index < -0.39 is 11.2 Å². The van der Waals surface area contributed by atoms with Crippen LogP contribution >= 0.6 is 0 Å². The van der Waals surface area contributed by atoms with Gasteiger partial charge >= 0.3 is 5.69 Å². The number of likely N-dealkylation sites (tertiary alicyclic amines) is 1. The Bertz CT molecular complexity index is 899. The lowest BCUT2D eigenvalue weighted by atomic mass is 10.1. The third kappa shape index (κ3) is 3.37. The summed E-state index contributed by atoms with van der Waals surface area (Å²) in [5.74, 6) is 0.467. The zero-order chi connectivity index (χ0) is 18.1. The van der Waals surface area contributed by atoms with E-state index >= 15 is 0 Å². The molecule has 0 bridgehead atoms. The lowest BCUT2D eigenvalue weighted by Crippen LogP contribution is -2.36. The Kier molecular flexibility index (Phi) is 4.76. The summed E-state index contributed by atoms with van der Waals surface area (Å²) in [5.41, 5.74) is -0.312. The van der Waals surface area contributed by atoms with E-state index in [1.165, 1.54) is 4.57 Å². The first-order valence-corrected chi connectivity index (χ1v) is 8.54. The van der Waals surface area contributed by atoms with Gasteiger partial charge in [0.05, 0.1) is 10.9 Å². The number of benzene rings is 1. The molecule has 1 aromatic heterocycles. The van der Waals surface area contributed by atoms with Crippen molar-refractivity contribution in [1.29, 1.82) is 0 Å². The van der Waals surface area contributed by atoms with Crippen LogP contribution in [0.1, 0.15) is 13.3 Å². The summed E-state index contributed by atoms with van der Waals surface area (Å²) in [6, 6.07) is 7.31. The summed E-state index contributed by atoms with van der Waals surface area (Å²) >= 11 is 0. The van der Waals surface area contributed by atoms with Crippen molar-refractivity contribution >= 4 is 16.8 Å². The van der Waals surface area contributed by atoms with Crippen molar-refractivity contribution in [1.82, 2.24) is 19.4 Å². The number of hydrogen-bond acceptors (Lipinski definition) is 4. The molecule has 0 radical (unpaired) electrons. The Morgan fingerprint density at radius 1 is 1.24 bits per heavy atom. The maximum atomic E-state index is 12.6. The summed E-state index contributed by atoms with van der Waals surface area (Å²) < 4.78 is 1.47. The van der Waals surface area contributed by atoms with Gasteiger partial charge in [-0.3, -0.25) is 19.1 Å². The van der Waals surface area contributed by atoms with Crippen LogP contribution in [0.4, 0.5) is 0 Å². The molecule has 1 aliphatic rings. The van der Waals surface area contributed by atoms with Crippen molar-refractivity contribution in [2.45, 2.75) is 25.9 Å². The zero-order valence-corrected chi connectivity index (χ0v) is 14.9. The highest BCUT2D eigenvalue weighted by Gasteiger charge is 2.33. The zero-order valence-electron chi connectivity index (χ0n) is 14.9. The van der Waals surface area contributed by atoms with Crippen LogP contribution in [-0.2, 0) is 11.3 Å². The van der Waals surface area contributed by atoms with Crippen molar-refractivity contribution in [2.24, 2.45) is 5.92 Å². The molecule has 2 aromatic rings. The third-order valence-corrected chi connectivity index (χ3v) is 5.04. The quantitative estimate of drug-likeness (QED) is 0.875. The van der Waals surface area contributed by atoms with Crippen LogP contribution in [-0.4, -0.2) is 58.5 Å². The number of hydrogen-bond donors (Lipinski definition) is 1. The minimum absolute atomic E-state index is 0.0402. The highest BCUT2D eigenvalue weighted by Crippen LogP contribution is 2.20. The fraction of sp³-hybridized carbons (Fsp3) is 0.500. The molecular formula is C18H24N4O3. The number of likely N-dealkylation sites (N-methyl/N-ethyl adjacent to an activating group) is 1. The van der Waals surface area contributed by atoms with Crippen LogP contribution in [0.5, 0.6) is 0 Å². The summed E-state index contributed by atoms with van der Waals surface area (Å²) in [5, 5.41) is 0.456. The lowest BCUT2D eigenvalue weighted by molar-refractivity contribution is -0.130. The number of nitrogens with zero attached hydrogens (tertiary/aromatic N) is 3. The molecule has 7 nitrogen and oxygen atoms in total. The Labute approximate surface area is 145 Å². The minimum Gasteiger partial charge on any atom is -0.341 e. The third-order valence-electron chi connectivity index (χ3n) is 5.04. The van der Waals surface area contributed by atoms with Crippen LogP contribution < -0.4 is 11.2 Å². The molecule has 0 saturated carbocycles. The number of fused-ring (bicyclic) bond motifs is 1. The normalized spacial score (nSPS) is 20.6. The van der Waals surface area contributed by atoms with Crippen LogP contribution in [0.25, 0.3) is 10.9 Å². The van der Waals surface area contributed by atoms with E-state index in [-0.39, 0.29) is 18.9 Å². The molecule has 2 heterocycles. The second-order valence-electron chi connectivity index (χ2n) is 6.99. The predicted octanol–water partition coefficient (Wildman–Crippen LogP) is 0.488. The highest BCUT2D eigenvalue weighted by atomic mass is 16.2. The molecule has 0 unspecified atom stereocenters. The first-order chi connectivity index (χ1) is 11.9. The van der Waals surface area contributed by atoms with Gasteiger partial charge in [0.15, 0.2) is 0 Å². The topological polar surface area (TPSA) is 78.4 Å². The van der Waals surface area contributed by atoms with Crippen molar-refractivity contribution < 1.29 is 4.79 Å². The fourth-order valence-electron chi connectivity index (χ4n) is 3.66.